The Morgan fingerprint density at radius 1 is 1.44 bits per heavy atom. The summed E-state index contributed by atoms with van der Waals surface area (Å²) in [5, 5.41) is 4.65. The third-order valence-electron chi connectivity index (χ3n) is 2.32. The van der Waals surface area contributed by atoms with Crippen molar-refractivity contribution in [2.75, 3.05) is 27.2 Å². The Kier molecular flexibility index (Phi) is 4.89. The number of nitrogens with one attached hydrogen (secondary N) is 1. The molecule has 16 heavy (non-hydrogen) atoms. The quantitative estimate of drug-likeness (QED) is 0.827. The molecule has 0 fully saturated rings. The summed E-state index contributed by atoms with van der Waals surface area (Å²) in [5.74, 6) is 0. The van der Waals surface area contributed by atoms with Crippen LogP contribution in [-0.4, -0.2) is 37.1 Å². The molecule has 0 saturated heterocycles. The molecule has 1 N–H and O–H groups in total. The van der Waals surface area contributed by atoms with Crippen LogP contribution in [0.25, 0.3) is 0 Å². The maximum Gasteiger partial charge on any atom is 0.0897 e. The predicted octanol–water partition coefficient (Wildman–Crippen LogP) is 2.13. The number of hydrogen-bond acceptors (Lipinski definition) is 4. The second kappa shape index (κ2) is 5.75. The van der Waals surface area contributed by atoms with Gasteiger partial charge in [0.25, 0.3) is 0 Å². The minimum atomic E-state index is 0.309. The van der Waals surface area contributed by atoms with E-state index in [9.17, 15) is 0 Å². The lowest BCUT2D eigenvalue weighted by Crippen LogP contribution is -2.37. The normalized spacial score (nSPS) is 12.4. The van der Waals surface area contributed by atoms with Crippen molar-refractivity contribution < 1.29 is 0 Å². The molecule has 0 aliphatic carbocycles. The van der Waals surface area contributed by atoms with Gasteiger partial charge in [0.1, 0.15) is 0 Å². The van der Waals surface area contributed by atoms with Crippen molar-refractivity contribution in [3.63, 3.8) is 0 Å². The molecular weight excluding hydrogens is 218 g/mol. The molecule has 0 amide bonds. The standard InChI is InChI=1S/C12H23N3S/c1-10-14-7-11(16-10)6-13-8-12(2,3)9-15(4)5/h7,13H,6,8-9H2,1-5H3. The van der Waals surface area contributed by atoms with Crippen molar-refractivity contribution >= 4 is 11.3 Å². The van der Waals surface area contributed by atoms with Gasteiger partial charge in [-0.25, -0.2) is 4.98 Å². The third kappa shape index (κ3) is 5.05. The molecule has 1 aromatic heterocycles. The Morgan fingerprint density at radius 3 is 2.62 bits per heavy atom. The van der Waals surface area contributed by atoms with Crippen molar-refractivity contribution in [3.05, 3.63) is 16.1 Å². The molecule has 0 aliphatic heterocycles. The second-order valence-electron chi connectivity index (χ2n) is 5.35. The molecule has 0 spiro atoms. The van der Waals surface area contributed by atoms with E-state index in [0.29, 0.717) is 5.41 Å². The summed E-state index contributed by atoms with van der Waals surface area (Å²) in [5.41, 5.74) is 0.309. The Balaban J connectivity index is 2.29. The zero-order valence-corrected chi connectivity index (χ0v) is 11.8. The molecule has 0 aromatic carbocycles. The van der Waals surface area contributed by atoms with Gasteiger partial charge in [0.15, 0.2) is 0 Å². The molecule has 0 radical (unpaired) electrons. The average molecular weight is 241 g/mol. The molecule has 1 heterocycles. The van der Waals surface area contributed by atoms with Crippen LogP contribution in [0.4, 0.5) is 0 Å². The molecule has 1 rings (SSSR count). The highest BCUT2D eigenvalue weighted by atomic mass is 32.1. The van der Waals surface area contributed by atoms with E-state index >= 15 is 0 Å². The monoisotopic (exact) mass is 241 g/mol. The zero-order chi connectivity index (χ0) is 12.2. The SMILES string of the molecule is Cc1ncc(CNCC(C)(C)CN(C)C)s1. The number of thiazole rings is 1. The average Bonchev–Trinajstić information content (AvgIpc) is 2.48. The fourth-order valence-electron chi connectivity index (χ4n) is 1.92. The molecular formula is C12H23N3S. The van der Waals surface area contributed by atoms with Gasteiger partial charge in [-0.2, -0.15) is 0 Å². The smallest absolute Gasteiger partial charge is 0.0897 e. The summed E-state index contributed by atoms with van der Waals surface area (Å²) >= 11 is 1.77. The Hall–Kier alpha value is -0.450. The molecule has 1 aromatic rings. The maximum atomic E-state index is 4.25. The van der Waals surface area contributed by atoms with Gasteiger partial charge < -0.3 is 10.2 Å². The van der Waals surface area contributed by atoms with Crippen LogP contribution in [0, 0.1) is 12.3 Å². The highest BCUT2D eigenvalue weighted by molar-refractivity contribution is 7.11. The van der Waals surface area contributed by atoms with E-state index in [4.69, 9.17) is 0 Å². The Morgan fingerprint density at radius 2 is 2.12 bits per heavy atom. The van der Waals surface area contributed by atoms with E-state index in [2.05, 4.69) is 43.1 Å². The highest BCUT2D eigenvalue weighted by Gasteiger charge is 2.18. The van der Waals surface area contributed by atoms with E-state index in [-0.39, 0.29) is 0 Å². The van der Waals surface area contributed by atoms with Crippen molar-refractivity contribution in [1.29, 1.82) is 0 Å². The van der Waals surface area contributed by atoms with E-state index in [1.165, 1.54) is 4.88 Å². The lowest BCUT2D eigenvalue weighted by Gasteiger charge is -2.28. The first-order chi connectivity index (χ1) is 7.39. The van der Waals surface area contributed by atoms with Crippen molar-refractivity contribution in [3.8, 4) is 0 Å². The van der Waals surface area contributed by atoms with Crippen LogP contribution in [0.3, 0.4) is 0 Å². The largest absolute Gasteiger partial charge is 0.311 e. The number of aromatic nitrogens is 1. The van der Waals surface area contributed by atoms with Gasteiger partial charge in [0.2, 0.25) is 0 Å². The molecule has 92 valence electrons. The summed E-state index contributed by atoms with van der Waals surface area (Å²) in [6.07, 6.45) is 1.96. The van der Waals surface area contributed by atoms with Crippen LogP contribution >= 0.6 is 11.3 Å². The fraction of sp³-hybridized carbons (Fsp3) is 0.750. The summed E-state index contributed by atoms with van der Waals surface area (Å²) in [7, 11) is 4.24. The first-order valence-electron chi connectivity index (χ1n) is 5.66. The topological polar surface area (TPSA) is 28.2 Å². The number of nitrogens with zero attached hydrogens (tertiary/aromatic N) is 2. The maximum absolute atomic E-state index is 4.25. The third-order valence-corrected chi connectivity index (χ3v) is 3.23. The predicted molar refractivity (Wildman–Crippen MR) is 70.9 cm³/mol. The Bertz CT molecular complexity index is 318. The second-order valence-corrected chi connectivity index (χ2v) is 6.67. The molecule has 0 bridgehead atoms. The first kappa shape index (κ1) is 13.6. The lowest BCUT2D eigenvalue weighted by molar-refractivity contribution is 0.232. The van der Waals surface area contributed by atoms with Crippen molar-refractivity contribution in [2.24, 2.45) is 5.41 Å². The summed E-state index contributed by atoms with van der Waals surface area (Å²) in [4.78, 5) is 7.80. The van der Waals surface area contributed by atoms with Crippen LogP contribution in [0.1, 0.15) is 23.7 Å². The van der Waals surface area contributed by atoms with Crippen molar-refractivity contribution in [2.45, 2.75) is 27.3 Å². The number of rotatable bonds is 6. The highest BCUT2D eigenvalue weighted by Crippen LogP contribution is 2.15. The van der Waals surface area contributed by atoms with Gasteiger partial charge in [0.05, 0.1) is 5.01 Å². The molecule has 4 heteroatoms. The van der Waals surface area contributed by atoms with Gasteiger partial charge in [-0.3, -0.25) is 0 Å². The van der Waals surface area contributed by atoms with Crippen LogP contribution in [0.2, 0.25) is 0 Å². The van der Waals surface area contributed by atoms with E-state index in [0.717, 1.165) is 24.6 Å². The fourth-order valence-corrected chi connectivity index (χ4v) is 2.69. The van der Waals surface area contributed by atoms with Crippen LogP contribution in [0.15, 0.2) is 6.20 Å². The molecule has 0 aliphatic rings. The minimum absolute atomic E-state index is 0.309. The van der Waals surface area contributed by atoms with Gasteiger partial charge in [-0.05, 0) is 26.4 Å². The molecule has 3 nitrogen and oxygen atoms in total. The van der Waals surface area contributed by atoms with Gasteiger partial charge in [-0.15, -0.1) is 11.3 Å². The van der Waals surface area contributed by atoms with Gasteiger partial charge in [-0.1, -0.05) is 13.8 Å². The van der Waals surface area contributed by atoms with Gasteiger partial charge >= 0.3 is 0 Å². The molecule has 0 atom stereocenters. The summed E-state index contributed by atoms with van der Waals surface area (Å²) in [6, 6.07) is 0. The summed E-state index contributed by atoms with van der Waals surface area (Å²) in [6.45, 7) is 9.69. The molecule has 0 unspecified atom stereocenters. The van der Waals surface area contributed by atoms with Crippen LogP contribution < -0.4 is 5.32 Å². The number of hydrogen-bond donors (Lipinski definition) is 1. The van der Waals surface area contributed by atoms with Gasteiger partial charge in [0, 0.05) is 30.7 Å². The molecule has 0 saturated carbocycles. The Labute approximate surface area is 103 Å². The van der Waals surface area contributed by atoms with Crippen LogP contribution in [0.5, 0.6) is 0 Å². The van der Waals surface area contributed by atoms with E-state index in [1.54, 1.807) is 11.3 Å². The minimum Gasteiger partial charge on any atom is -0.311 e. The van der Waals surface area contributed by atoms with Crippen LogP contribution in [-0.2, 0) is 6.54 Å². The number of aryl methyl sites for hydroxylation is 1. The van der Waals surface area contributed by atoms with E-state index < -0.39 is 0 Å². The zero-order valence-electron chi connectivity index (χ0n) is 11.0. The van der Waals surface area contributed by atoms with E-state index in [1.807, 2.05) is 13.1 Å². The first-order valence-corrected chi connectivity index (χ1v) is 6.47. The summed E-state index contributed by atoms with van der Waals surface area (Å²) < 4.78 is 0. The van der Waals surface area contributed by atoms with Crippen molar-refractivity contribution in [1.82, 2.24) is 15.2 Å². The lowest BCUT2D eigenvalue weighted by atomic mass is 9.93.